The summed E-state index contributed by atoms with van der Waals surface area (Å²) < 4.78 is 31.0. The van der Waals surface area contributed by atoms with E-state index in [9.17, 15) is 18.0 Å². The van der Waals surface area contributed by atoms with Crippen molar-refractivity contribution in [1.82, 2.24) is 10.3 Å². The van der Waals surface area contributed by atoms with Gasteiger partial charge in [-0.3, -0.25) is 13.9 Å². The highest BCUT2D eigenvalue weighted by Gasteiger charge is 2.22. The number of para-hydroxylation sites is 1. The number of likely N-dealkylation sites (tertiary alicyclic amines) is 1. The van der Waals surface area contributed by atoms with Crippen LogP contribution in [0.3, 0.4) is 0 Å². The van der Waals surface area contributed by atoms with Gasteiger partial charge in [-0.2, -0.15) is 5.10 Å². The third-order valence-electron chi connectivity index (χ3n) is 5.43. The minimum atomic E-state index is -3.66. The molecule has 1 saturated heterocycles. The molecule has 2 amide bonds. The maximum Gasteiger partial charge on any atom is 0.260 e. The lowest BCUT2D eigenvalue weighted by molar-refractivity contribution is -0.134. The van der Waals surface area contributed by atoms with Crippen LogP contribution in [0.5, 0.6) is 5.75 Å². The second kappa shape index (κ2) is 11.6. The zero-order valence-corrected chi connectivity index (χ0v) is 20.3. The summed E-state index contributed by atoms with van der Waals surface area (Å²) in [5.74, 6) is -0.0171. The van der Waals surface area contributed by atoms with E-state index >= 15 is 0 Å². The van der Waals surface area contributed by atoms with Gasteiger partial charge in [-0.05, 0) is 67.6 Å². The molecular formula is C24H30N4O5S. The van der Waals surface area contributed by atoms with Gasteiger partial charge in [0, 0.05) is 13.1 Å². The maximum atomic E-state index is 12.3. The standard InChI is InChI=1S/C24H30N4O5S/c1-19-8-4-5-9-22(19)28(34(2,31)32)17-23(29)26-25-16-20-10-12-21(13-11-20)33-18-24(30)27-14-6-3-7-15-27/h4-5,8-13,16H,3,6-7,14-15,17-18H2,1-2H3,(H,26,29)/b25-16-. The molecule has 1 aliphatic rings. The first kappa shape index (κ1) is 25.2. The molecule has 0 radical (unpaired) electrons. The van der Waals surface area contributed by atoms with Crippen molar-refractivity contribution in [1.29, 1.82) is 0 Å². The molecule has 1 N–H and O–H groups in total. The number of nitrogens with zero attached hydrogens (tertiary/aromatic N) is 3. The molecule has 9 nitrogen and oxygen atoms in total. The van der Waals surface area contributed by atoms with Crippen molar-refractivity contribution in [2.45, 2.75) is 26.2 Å². The Labute approximate surface area is 200 Å². The fourth-order valence-electron chi connectivity index (χ4n) is 3.60. The maximum absolute atomic E-state index is 12.3. The number of sulfonamides is 1. The van der Waals surface area contributed by atoms with E-state index in [0.29, 0.717) is 17.0 Å². The number of nitrogens with one attached hydrogen (secondary N) is 1. The minimum Gasteiger partial charge on any atom is -0.484 e. The lowest BCUT2D eigenvalue weighted by Crippen LogP contribution is -2.39. The molecule has 0 spiro atoms. The molecule has 3 rings (SSSR count). The monoisotopic (exact) mass is 486 g/mol. The van der Waals surface area contributed by atoms with E-state index in [1.165, 1.54) is 6.21 Å². The summed E-state index contributed by atoms with van der Waals surface area (Å²) in [5, 5.41) is 3.91. The number of carbonyl (C=O) groups excluding carboxylic acids is 2. The lowest BCUT2D eigenvalue weighted by atomic mass is 10.1. The molecule has 0 unspecified atom stereocenters. The summed E-state index contributed by atoms with van der Waals surface area (Å²) in [7, 11) is -3.66. The molecule has 0 atom stereocenters. The minimum absolute atomic E-state index is 0.00121. The number of hydrogen-bond donors (Lipinski definition) is 1. The van der Waals surface area contributed by atoms with E-state index in [-0.39, 0.29) is 12.5 Å². The van der Waals surface area contributed by atoms with Crippen molar-refractivity contribution in [3.8, 4) is 5.75 Å². The van der Waals surface area contributed by atoms with E-state index in [2.05, 4.69) is 10.5 Å². The molecule has 10 heteroatoms. The van der Waals surface area contributed by atoms with Crippen LogP contribution in [0.15, 0.2) is 53.6 Å². The summed E-state index contributed by atoms with van der Waals surface area (Å²) in [6.07, 6.45) is 5.73. The number of benzene rings is 2. The van der Waals surface area contributed by atoms with E-state index in [1.807, 2.05) is 4.90 Å². The Morgan fingerprint density at radius 3 is 2.41 bits per heavy atom. The van der Waals surface area contributed by atoms with Crippen LogP contribution in [-0.2, 0) is 19.6 Å². The van der Waals surface area contributed by atoms with Gasteiger partial charge in [-0.25, -0.2) is 13.8 Å². The van der Waals surface area contributed by atoms with Crippen molar-refractivity contribution >= 4 is 33.7 Å². The quantitative estimate of drug-likeness (QED) is 0.432. The van der Waals surface area contributed by atoms with Gasteiger partial charge in [-0.15, -0.1) is 0 Å². The summed E-state index contributed by atoms with van der Waals surface area (Å²) in [6.45, 7) is 2.97. The van der Waals surface area contributed by atoms with Gasteiger partial charge < -0.3 is 9.64 Å². The number of anilines is 1. The molecule has 0 aliphatic carbocycles. The Bertz CT molecular complexity index is 1130. The Morgan fingerprint density at radius 1 is 1.09 bits per heavy atom. The highest BCUT2D eigenvalue weighted by atomic mass is 32.2. The zero-order valence-electron chi connectivity index (χ0n) is 19.4. The predicted octanol–water partition coefficient (Wildman–Crippen LogP) is 2.30. The third-order valence-corrected chi connectivity index (χ3v) is 6.55. The van der Waals surface area contributed by atoms with Crippen LogP contribution < -0.4 is 14.5 Å². The first-order chi connectivity index (χ1) is 16.2. The number of carbonyl (C=O) groups is 2. The average Bonchev–Trinajstić information content (AvgIpc) is 2.82. The Balaban J connectivity index is 1.51. The van der Waals surface area contributed by atoms with E-state index in [4.69, 9.17) is 4.74 Å². The summed E-state index contributed by atoms with van der Waals surface area (Å²) >= 11 is 0. The number of aryl methyl sites for hydroxylation is 1. The van der Waals surface area contributed by atoms with E-state index in [0.717, 1.165) is 48.5 Å². The number of amides is 2. The fraction of sp³-hybridized carbons (Fsp3) is 0.375. The first-order valence-corrected chi connectivity index (χ1v) is 12.9. The number of piperidine rings is 1. The molecule has 34 heavy (non-hydrogen) atoms. The van der Waals surface area contributed by atoms with Crippen molar-refractivity contribution in [3.63, 3.8) is 0 Å². The Kier molecular flexibility index (Phi) is 8.64. The molecule has 182 valence electrons. The third kappa shape index (κ3) is 7.31. The molecule has 0 aromatic heterocycles. The second-order valence-corrected chi connectivity index (χ2v) is 10.1. The molecular weight excluding hydrogens is 456 g/mol. The fourth-order valence-corrected chi connectivity index (χ4v) is 4.51. The zero-order chi connectivity index (χ0) is 24.6. The predicted molar refractivity (Wildman–Crippen MR) is 131 cm³/mol. The van der Waals surface area contributed by atoms with Crippen LogP contribution in [0.2, 0.25) is 0 Å². The van der Waals surface area contributed by atoms with Crippen molar-refractivity contribution < 1.29 is 22.7 Å². The van der Waals surface area contributed by atoms with Crippen LogP contribution >= 0.6 is 0 Å². The van der Waals surface area contributed by atoms with Crippen molar-refractivity contribution in [3.05, 3.63) is 59.7 Å². The Hall–Kier alpha value is -3.40. The van der Waals surface area contributed by atoms with Gasteiger partial charge in [0.15, 0.2) is 6.61 Å². The number of hydrazone groups is 1. The molecule has 1 fully saturated rings. The van der Waals surface area contributed by atoms with Crippen LogP contribution in [0.1, 0.15) is 30.4 Å². The van der Waals surface area contributed by atoms with Crippen LogP contribution in [0.25, 0.3) is 0 Å². The van der Waals surface area contributed by atoms with Gasteiger partial charge in [0.05, 0.1) is 18.2 Å². The van der Waals surface area contributed by atoms with E-state index < -0.39 is 22.5 Å². The summed E-state index contributed by atoms with van der Waals surface area (Å²) in [6, 6.07) is 13.9. The molecule has 2 aromatic carbocycles. The lowest BCUT2D eigenvalue weighted by Gasteiger charge is -2.26. The first-order valence-electron chi connectivity index (χ1n) is 11.1. The van der Waals surface area contributed by atoms with Gasteiger partial charge in [0.2, 0.25) is 10.0 Å². The molecule has 1 aliphatic heterocycles. The Morgan fingerprint density at radius 2 is 1.76 bits per heavy atom. The largest absolute Gasteiger partial charge is 0.484 e. The SMILES string of the molecule is Cc1ccccc1N(CC(=O)N/N=C\c1ccc(OCC(=O)N2CCCCC2)cc1)S(C)(=O)=O. The van der Waals surface area contributed by atoms with Gasteiger partial charge in [0.1, 0.15) is 12.3 Å². The number of ether oxygens (including phenoxy) is 1. The molecule has 0 saturated carbocycles. The van der Waals surface area contributed by atoms with Crippen molar-refractivity contribution in [2.24, 2.45) is 5.10 Å². The topological polar surface area (TPSA) is 108 Å². The highest BCUT2D eigenvalue weighted by Crippen LogP contribution is 2.21. The number of hydrogen-bond acceptors (Lipinski definition) is 6. The van der Waals surface area contributed by atoms with Gasteiger partial charge in [-0.1, -0.05) is 18.2 Å². The molecule has 2 aromatic rings. The number of rotatable bonds is 9. The molecule has 0 bridgehead atoms. The van der Waals surface area contributed by atoms with Crippen molar-refractivity contribution in [2.75, 3.05) is 36.8 Å². The van der Waals surface area contributed by atoms with Crippen LogP contribution in [-0.4, -0.2) is 63.8 Å². The van der Waals surface area contributed by atoms with Crippen LogP contribution in [0.4, 0.5) is 5.69 Å². The molecule has 1 heterocycles. The van der Waals surface area contributed by atoms with Gasteiger partial charge in [0.25, 0.3) is 11.8 Å². The second-order valence-electron chi connectivity index (χ2n) is 8.15. The van der Waals surface area contributed by atoms with E-state index in [1.54, 1.807) is 55.5 Å². The van der Waals surface area contributed by atoms with Gasteiger partial charge >= 0.3 is 0 Å². The summed E-state index contributed by atoms with van der Waals surface area (Å²) in [4.78, 5) is 26.3. The van der Waals surface area contributed by atoms with Crippen LogP contribution in [0, 0.1) is 6.92 Å². The highest BCUT2D eigenvalue weighted by molar-refractivity contribution is 7.92. The normalized spacial score (nSPS) is 14.1. The average molecular weight is 487 g/mol. The summed E-state index contributed by atoms with van der Waals surface area (Å²) in [5.41, 5.74) is 4.24. The smallest absolute Gasteiger partial charge is 0.260 e.